The van der Waals surface area contributed by atoms with Crippen LogP contribution in [-0.4, -0.2) is 5.91 Å². The maximum Gasteiger partial charge on any atom is 0.262 e. The Bertz CT molecular complexity index is 1090. The average molecular weight is 365 g/mol. The van der Waals surface area contributed by atoms with Gasteiger partial charge >= 0.3 is 0 Å². The second kappa shape index (κ2) is 7.32. The van der Waals surface area contributed by atoms with E-state index in [4.69, 9.17) is 0 Å². The Balaban J connectivity index is 1.85. The van der Waals surface area contributed by atoms with Crippen LogP contribution in [0, 0.1) is 20.8 Å². The lowest BCUT2D eigenvalue weighted by Crippen LogP contribution is -2.25. The van der Waals surface area contributed by atoms with Crippen molar-refractivity contribution in [1.29, 1.82) is 0 Å². The van der Waals surface area contributed by atoms with Gasteiger partial charge in [-0.25, -0.2) is 0 Å². The van der Waals surface area contributed by atoms with Crippen molar-refractivity contribution in [2.45, 2.75) is 20.8 Å². The van der Waals surface area contributed by atoms with E-state index in [0.717, 1.165) is 33.6 Å². The Morgan fingerprint density at radius 3 is 2.18 bits per heavy atom. The van der Waals surface area contributed by atoms with Gasteiger partial charge in [-0.3, -0.25) is 9.69 Å². The molecule has 0 aromatic heterocycles. The van der Waals surface area contributed by atoms with Gasteiger partial charge in [-0.1, -0.05) is 72.3 Å². The van der Waals surface area contributed by atoms with E-state index in [1.54, 1.807) is 0 Å². The van der Waals surface area contributed by atoms with Gasteiger partial charge in [0.2, 0.25) is 0 Å². The van der Waals surface area contributed by atoms with Crippen LogP contribution in [-0.2, 0) is 4.79 Å². The van der Waals surface area contributed by atoms with Gasteiger partial charge < -0.3 is 0 Å². The Hall–Kier alpha value is -3.39. The van der Waals surface area contributed by atoms with Crippen LogP contribution in [0.25, 0.3) is 11.8 Å². The van der Waals surface area contributed by atoms with Crippen molar-refractivity contribution in [3.8, 4) is 0 Å². The monoisotopic (exact) mass is 365 g/mol. The van der Waals surface area contributed by atoms with Crippen LogP contribution in [0.2, 0.25) is 0 Å². The van der Waals surface area contributed by atoms with E-state index < -0.39 is 0 Å². The lowest BCUT2D eigenvalue weighted by Gasteiger charge is -2.23. The van der Waals surface area contributed by atoms with E-state index in [-0.39, 0.29) is 5.91 Å². The number of rotatable bonds is 3. The van der Waals surface area contributed by atoms with E-state index in [1.807, 2.05) is 66.4 Å². The van der Waals surface area contributed by atoms with E-state index in [2.05, 4.69) is 44.2 Å². The van der Waals surface area contributed by atoms with Crippen molar-refractivity contribution in [1.82, 2.24) is 0 Å². The van der Waals surface area contributed by atoms with Gasteiger partial charge in [-0.05, 0) is 61.2 Å². The van der Waals surface area contributed by atoms with Crippen molar-refractivity contribution in [3.63, 3.8) is 0 Å². The number of anilines is 1. The van der Waals surface area contributed by atoms with Crippen LogP contribution in [0.4, 0.5) is 5.69 Å². The lowest BCUT2D eigenvalue weighted by atomic mass is 10.1. The zero-order valence-electron chi connectivity index (χ0n) is 16.4. The molecule has 0 bridgehead atoms. The zero-order valence-corrected chi connectivity index (χ0v) is 16.4. The summed E-state index contributed by atoms with van der Waals surface area (Å²) in [7, 11) is 0. The summed E-state index contributed by atoms with van der Waals surface area (Å²) in [6.45, 7) is 6.16. The molecule has 1 aliphatic heterocycles. The molecule has 0 aliphatic carbocycles. The highest BCUT2D eigenvalue weighted by atomic mass is 16.2. The SMILES string of the molecule is Cc1ccc(/C=C2\C=C(c3ccccc3)N(c3cc(C)ccc3C)C2=O)cc1. The molecule has 1 heterocycles. The molecule has 0 N–H and O–H groups in total. The molecule has 0 unspecified atom stereocenters. The van der Waals surface area contributed by atoms with Crippen LogP contribution < -0.4 is 4.90 Å². The summed E-state index contributed by atoms with van der Waals surface area (Å²) in [6.07, 6.45) is 3.97. The molecule has 1 aliphatic rings. The van der Waals surface area contributed by atoms with E-state index in [1.165, 1.54) is 5.56 Å². The van der Waals surface area contributed by atoms with Crippen molar-refractivity contribution < 1.29 is 4.79 Å². The molecule has 138 valence electrons. The van der Waals surface area contributed by atoms with Gasteiger partial charge in [0.05, 0.1) is 11.4 Å². The predicted molar refractivity (Wildman–Crippen MR) is 117 cm³/mol. The summed E-state index contributed by atoms with van der Waals surface area (Å²) < 4.78 is 0. The molecule has 0 radical (unpaired) electrons. The highest BCUT2D eigenvalue weighted by molar-refractivity contribution is 6.23. The Morgan fingerprint density at radius 1 is 0.786 bits per heavy atom. The van der Waals surface area contributed by atoms with Crippen LogP contribution in [0.5, 0.6) is 0 Å². The second-order valence-electron chi connectivity index (χ2n) is 7.34. The van der Waals surface area contributed by atoms with Gasteiger partial charge in [0.25, 0.3) is 5.91 Å². The lowest BCUT2D eigenvalue weighted by molar-refractivity contribution is -0.113. The number of benzene rings is 3. The summed E-state index contributed by atoms with van der Waals surface area (Å²) in [4.78, 5) is 15.3. The van der Waals surface area contributed by atoms with Crippen molar-refractivity contribution in [2.24, 2.45) is 0 Å². The minimum atomic E-state index is 0.00753. The molecule has 2 nitrogen and oxygen atoms in total. The Kier molecular flexibility index (Phi) is 4.70. The minimum Gasteiger partial charge on any atom is -0.276 e. The molecule has 3 aromatic rings. The van der Waals surface area contributed by atoms with Gasteiger partial charge in [-0.2, -0.15) is 0 Å². The van der Waals surface area contributed by atoms with Crippen molar-refractivity contribution in [2.75, 3.05) is 4.90 Å². The molecule has 3 aromatic carbocycles. The summed E-state index contributed by atoms with van der Waals surface area (Å²) in [5.41, 5.74) is 8.03. The molecule has 0 fully saturated rings. The number of nitrogens with zero attached hydrogens (tertiary/aromatic N) is 1. The Morgan fingerprint density at radius 2 is 1.46 bits per heavy atom. The summed E-state index contributed by atoms with van der Waals surface area (Å²) >= 11 is 0. The third-order valence-electron chi connectivity index (χ3n) is 5.06. The molecular weight excluding hydrogens is 342 g/mol. The maximum atomic E-state index is 13.4. The number of hydrogen-bond donors (Lipinski definition) is 0. The standard InChI is InChI=1S/C26H23NO/c1-18-10-13-21(14-11-18)16-23-17-25(22-7-5-4-6-8-22)27(26(23)28)24-15-19(2)9-12-20(24)3/h4-17H,1-3H3/b23-16+. The first-order valence-electron chi connectivity index (χ1n) is 9.50. The third kappa shape index (κ3) is 3.41. The molecular formula is C26H23NO. The molecule has 4 rings (SSSR count). The van der Waals surface area contributed by atoms with Gasteiger partial charge in [0, 0.05) is 5.57 Å². The number of aryl methyl sites for hydroxylation is 3. The molecule has 0 atom stereocenters. The van der Waals surface area contributed by atoms with Crippen LogP contribution >= 0.6 is 0 Å². The Labute approximate surface area is 166 Å². The first-order chi connectivity index (χ1) is 13.5. The maximum absolute atomic E-state index is 13.4. The molecule has 28 heavy (non-hydrogen) atoms. The number of amides is 1. The zero-order chi connectivity index (χ0) is 19.7. The highest BCUT2D eigenvalue weighted by Gasteiger charge is 2.31. The summed E-state index contributed by atoms with van der Waals surface area (Å²) in [5, 5.41) is 0. The molecule has 0 saturated carbocycles. The van der Waals surface area contributed by atoms with Crippen molar-refractivity contribution in [3.05, 3.63) is 112 Å². The molecule has 2 heteroatoms. The van der Waals surface area contributed by atoms with E-state index in [0.29, 0.717) is 5.57 Å². The molecule has 1 amide bonds. The predicted octanol–water partition coefficient (Wildman–Crippen LogP) is 6.08. The third-order valence-corrected chi connectivity index (χ3v) is 5.06. The van der Waals surface area contributed by atoms with Crippen LogP contribution in [0.1, 0.15) is 27.8 Å². The van der Waals surface area contributed by atoms with Gasteiger partial charge in [0.1, 0.15) is 0 Å². The topological polar surface area (TPSA) is 20.3 Å². The van der Waals surface area contributed by atoms with Crippen molar-refractivity contribution >= 4 is 23.4 Å². The fraction of sp³-hybridized carbons (Fsp3) is 0.115. The first kappa shape index (κ1) is 18.0. The molecule has 0 spiro atoms. The van der Waals surface area contributed by atoms with E-state index in [9.17, 15) is 4.79 Å². The fourth-order valence-corrected chi connectivity index (χ4v) is 3.48. The van der Waals surface area contributed by atoms with Gasteiger partial charge in [0.15, 0.2) is 0 Å². The minimum absolute atomic E-state index is 0.00753. The number of hydrogen-bond acceptors (Lipinski definition) is 1. The molecule has 0 saturated heterocycles. The highest BCUT2D eigenvalue weighted by Crippen LogP contribution is 2.37. The average Bonchev–Trinajstić information content (AvgIpc) is 3.02. The smallest absolute Gasteiger partial charge is 0.262 e. The number of carbonyl (C=O) groups excluding carboxylic acids is 1. The largest absolute Gasteiger partial charge is 0.276 e. The van der Waals surface area contributed by atoms with Crippen LogP contribution in [0.3, 0.4) is 0 Å². The normalized spacial score (nSPS) is 15.2. The number of carbonyl (C=O) groups is 1. The fourth-order valence-electron chi connectivity index (χ4n) is 3.48. The first-order valence-corrected chi connectivity index (χ1v) is 9.50. The van der Waals surface area contributed by atoms with Gasteiger partial charge in [-0.15, -0.1) is 0 Å². The quantitative estimate of drug-likeness (QED) is 0.515. The summed E-state index contributed by atoms with van der Waals surface area (Å²) in [6, 6.07) is 24.6. The second-order valence-corrected chi connectivity index (χ2v) is 7.34. The van der Waals surface area contributed by atoms with E-state index >= 15 is 0 Å². The van der Waals surface area contributed by atoms with Crippen LogP contribution in [0.15, 0.2) is 84.4 Å². The summed E-state index contributed by atoms with van der Waals surface area (Å²) in [5.74, 6) is 0.00753.